The number of amides is 1. The van der Waals surface area contributed by atoms with E-state index in [4.69, 9.17) is 11.6 Å². The topological polar surface area (TPSA) is 69.2 Å². The summed E-state index contributed by atoms with van der Waals surface area (Å²) in [5, 5.41) is 1.56. The second-order valence-corrected chi connectivity index (χ2v) is 9.05. The molecule has 0 bridgehead atoms. The number of carbonyl (C=O) groups is 1. The van der Waals surface area contributed by atoms with E-state index >= 15 is 0 Å². The van der Waals surface area contributed by atoms with Gasteiger partial charge in [0.15, 0.2) is 5.15 Å². The van der Waals surface area contributed by atoms with Gasteiger partial charge in [0.05, 0.1) is 12.7 Å². The summed E-state index contributed by atoms with van der Waals surface area (Å²) in [5.41, 5.74) is 0.849. The lowest BCUT2D eigenvalue weighted by molar-refractivity contribution is -0.118. The third-order valence-corrected chi connectivity index (χ3v) is 6.77. The van der Waals surface area contributed by atoms with Crippen molar-refractivity contribution < 1.29 is 9.35 Å². The normalized spacial score (nSPS) is 13.0. The van der Waals surface area contributed by atoms with Crippen molar-refractivity contribution in [2.24, 2.45) is 0 Å². The third-order valence-electron chi connectivity index (χ3n) is 3.51. The number of nitrogens with zero attached hydrogens (tertiary/aromatic N) is 3. The first kappa shape index (κ1) is 18.2. The van der Waals surface area contributed by atoms with E-state index in [9.17, 15) is 9.35 Å². The summed E-state index contributed by atoms with van der Waals surface area (Å²) in [6, 6.07) is 3.70. The molecule has 0 aliphatic heterocycles. The van der Waals surface area contributed by atoms with Crippen molar-refractivity contribution in [3.63, 3.8) is 0 Å². The zero-order valence-electron chi connectivity index (χ0n) is 13.4. The number of hydrogen-bond acceptors (Lipinski definition) is 5. The van der Waals surface area contributed by atoms with Crippen LogP contribution in [0.3, 0.4) is 0 Å². The fourth-order valence-electron chi connectivity index (χ4n) is 1.81. The molecule has 0 aromatic carbocycles. The van der Waals surface area contributed by atoms with Gasteiger partial charge in [0.2, 0.25) is 5.91 Å². The molecule has 0 radical (unpaired) electrons. The average molecular weight is 372 g/mol. The Bertz CT molecular complexity index is 689. The summed E-state index contributed by atoms with van der Waals surface area (Å²) in [5.74, 6) is -0.145. The van der Waals surface area contributed by atoms with Gasteiger partial charge in [-0.1, -0.05) is 34.1 Å². The Morgan fingerprint density at radius 1 is 1.52 bits per heavy atom. The van der Waals surface area contributed by atoms with Crippen molar-refractivity contribution in [3.05, 3.63) is 29.7 Å². The summed E-state index contributed by atoms with van der Waals surface area (Å²) in [6.45, 7) is 3.62. The van der Waals surface area contributed by atoms with Crippen molar-refractivity contribution in [2.75, 3.05) is 18.2 Å². The third kappa shape index (κ3) is 4.23. The standard InChI is InChI=1S/C15H18ClN3O2S2/c1-15(2,23(4)21)8-11(20)19(3)14-12(16)18-13(22-14)10-6-5-7-17-9-10/h5-7,9H,8H2,1-4H3. The van der Waals surface area contributed by atoms with Crippen LogP contribution in [0.1, 0.15) is 20.3 Å². The minimum absolute atomic E-state index is 0.145. The number of carbonyl (C=O) groups excluding carboxylic acids is 1. The summed E-state index contributed by atoms with van der Waals surface area (Å²) in [6.07, 6.45) is 5.16. The van der Waals surface area contributed by atoms with Crippen LogP contribution >= 0.6 is 22.9 Å². The van der Waals surface area contributed by atoms with Gasteiger partial charge in [-0.05, 0) is 26.0 Å². The molecule has 1 amide bonds. The predicted molar refractivity (Wildman–Crippen MR) is 96.5 cm³/mol. The molecule has 1 unspecified atom stereocenters. The van der Waals surface area contributed by atoms with Gasteiger partial charge < -0.3 is 9.45 Å². The van der Waals surface area contributed by atoms with Crippen LogP contribution in [-0.2, 0) is 16.0 Å². The molecule has 0 aliphatic carbocycles. The van der Waals surface area contributed by atoms with E-state index in [0.717, 1.165) is 5.56 Å². The number of thiazole rings is 1. The lowest BCUT2D eigenvalue weighted by Gasteiger charge is -2.27. The van der Waals surface area contributed by atoms with Crippen molar-refractivity contribution >= 4 is 45.0 Å². The molecule has 1 atom stereocenters. The van der Waals surface area contributed by atoms with Crippen molar-refractivity contribution in [1.29, 1.82) is 0 Å². The molecule has 0 saturated carbocycles. The highest BCUT2D eigenvalue weighted by Crippen LogP contribution is 2.37. The van der Waals surface area contributed by atoms with E-state index in [2.05, 4.69) is 9.97 Å². The number of halogens is 1. The molecule has 2 heterocycles. The largest absolute Gasteiger partial charge is 0.616 e. The van der Waals surface area contributed by atoms with E-state index in [-0.39, 0.29) is 17.5 Å². The van der Waals surface area contributed by atoms with Crippen LogP contribution in [0.4, 0.5) is 5.00 Å². The average Bonchev–Trinajstić information content (AvgIpc) is 2.88. The van der Waals surface area contributed by atoms with Gasteiger partial charge in [-0.15, -0.1) is 0 Å². The molecule has 2 rings (SSSR count). The molecule has 23 heavy (non-hydrogen) atoms. The first-order valence-electron chi connectivity index (χ1n) is 6.89. The second-order valence-electron chi connectivity index (χ2n) is 5.70. The predicted octanol–water partition coefficient (Wildman–Crippen LogP) is 3.37. The van der Waals surface area contributed by atoms with Crippen molar-refractivity contribution in [3.8, 4) is 10.6 Å². The molecular formula is C15H18ClN3O2S2. The Kier molecular flexibility index (Phi) is 5.67. The Labute approximate surface area is 147 Å². The molecular weight excluding hydrogens is 354 g/mol. The van der Waals surface area contributed by atoms with Crippen LogP contribution in [0.15, 0.2) is 24.5 Å². The zero-order valence-corrected chi connectivity index (χ0v) is 15.8. The fourth-order valence-corrected chi connectivity index (χ4v) is 3.44. The molecule has 5 nitrogen and oxygen atoms in total. The van der Waals surface area contributed by atoms with Gasteiger partial charge in [0, 0.05) is 25.0 Å². The van der Waals surface area contributed by atoms with E-state index in [1.807, 2.05) is 26.0 Å². The zero-order chi connectivity index (χ0) is 17.2. The molecule has 2 aromatic rings. The maximum Gasteiger partial charge on any atom is 0.232 e. The highest BCUT2D eigenvalue weighted by Gasteiger charge is 2.33. The number of aromatic nitrogens is 2. The minimum atomic E-state index is -1.10. The first-order valence-corrected chi connectivity index (χ1v) is 9.64. The Morgan fingerprint density at radius 3 is 2.78 bits per heavy atom. The van der Waals surface area contributed by atoms with E-state index in [1.165, 1.54) is 16.2 Å². The van der Waals surface area contributed by atoms with Gasteiger partial charge in [-0.3, -0.25) is 9.78 Å². The van der Waals surface area contributed by atoms with Crippen LogP contribution in [0.5, 0.6) is 0 Å². The molecule has 2 aromatic heterocycles. The van der Waals surface area contributed by atoms with Gasteiger partial charge in [0.1, 0.15) is 14.8 Å². The number of rotatable bonds is 5. The van der Waals surface area contributed by atoms with Crippen molar-refractivity contribution in [1.82, 2.24) is 9.97 Å². The van der Waals surface area contributed by atoms with Crippen LogP contribution in [0.2, 0.25) is 5.15 Å². The van der Waals surface area contributed by atoms with Gasteiger partial charge in [-0.2, -0.15) is 0 Å². The first-order chi connectivity index (χ1) is 10.7. The number of hydrogen-bond donors (Lipinski definition) is 0. The fraction of sp³-hybridized carbons (Fsp3) is 0.400. The quantitative estimate of drug-likeness (QED) is 0.755. The van der Waals surface area contributed by atoms with Crippen molar-refractivity contribution in [2.45, 2.75) is 25.0 Å². The molecule has 8 heteroatoms. The van der Waals surface area contributed by atoms with E-state index < -0.39 is 15.9 Å². The van der Waals surface area contributed by atoms with Crippen LogP contribution in [0.25, 0.3) is 10.6 Å². The highest BCUT2D eigenvalue weighted by molar-refractivity contribution is 7.92. The summed E-state index contributed by atoms with van der Waals surface area (Å²) < 4.78 is 11.1. The van der Waals surface area contributed by atoms with Crippen LogP contribution in [-0.4, -0.2) is 38.5 Å². The maximum atomic E-state index is 12.5. The molecule has 0 aliphatic rings. The van der Waals surface area contributed by atoms with Gasteiger partial charge in [-0.25, -0.2) is 4.98 Å². The lowest BCUT2D eigenvalue weighted by atomic mass is 10.1. The molecule has 0 fully saturated rings. The monoisotopic (exact) mass is 371 g/mol. The van der Waals surface area contributed by atoms with Crippen LogP contribution in [0, 0.1) is 0 Å². The SMILES string of the molecule is CN(C(=O)CC(C)(C)[S+](C)[O-])c1sc(-c2cccnc2)nc1Cl. The molecule has 0 spiro atoms. The Morgan fingerprint density at radius 2 is 2.22 bits per heavy atom. The molecule has 0 N–H and O–H groups in total. The highest BCUT2D eigenvalue weighted by atomic mass is 35.5. The smallest absolute Gasteiger partial charge is 0.232 e. The van der Waals surface area contributed by atoms with E-state index in [1.54, 1.807) is 25.7 Å². The van der Waals surface area contributed by atoms with Crippen LogP contribution < -0.4 is 4.90 Å². The Balaban J connectivity index is 2.22. The minimum Gasteiger partial charge on any atom is -0.616 e. The number of anilines is 1. The second kappa shape index (κ2) is 7.17. The Hall–Kier alpha value is -1.15. The summed E-state index contributed by atoms with van der Waals surface area (Å²) in [4.78, 5) is 22.3. The molecule has 124 valence electrons. The van der Waals surface area contributed by atoms with Gasteiger partial charge in [0.25, 0.3) is 0 Å². The maximum absolute atomic E-state index is 12.5. The van der Waals surface area contributed by atoms with E-state index in [0.29, 0.717) is 10.0 Å². The summed E-state index contributed by atoms with van der Waals surface area (Å²) in [7, 11) is 1.66. The molecule has 0 saturated heterocycles. The number of pyridine rings is 1. The van der Waals surface area contributed by atoms with Gasteiger partial charge >= 0.3 is 0 Å². The summed E-state index contributed by atoms with van der Waals surface area (Å²) >= 11 is 6.42. The lowest BCUT2D eigenvalue weighted by Crippen LogP contribution is -2.38.